The second-order valence-corrected chi connectivity index (χ2v) is 5.30. The number of likely N-dealkylation sites (tertiary alicyclic amines) is 1. The average molecular weight is 277 g/mol. The van der Waals surface area contributed by atoms with Gasteiger partial charge in [-0.3, -0.25) is 9.69 Å². The van der Waals surface area contributed by atoms with Gasteiger partial charge in [-0.2, -0.15) is 0 Å². The Balaban J connectivity index is 1.80. The van der Waals surface area contributed by atoms with Crippen molar-refractivity contribution >= 4 is 5.78 Å². The molecule has 1 aromatic carbocycles. The molecule has 2 aliphatic heterocycles. The first-order chi connectivity index (χ1) is 9.69. The number of fused-ring (bicyclic) bond motifs is 1. The van der Waals surface area contributed by atoms with Crippen LogP contribution in [-0.2, 0) is 4.79 Å². The first-order valence-electron chi connectivity index (χ1n) is 6.93. The van der Waals surface area contributed by atoms with Gasteiger partial charge in [-0.1, -0.05) is 0 Å². The van der Waals surface area contributed by atoms with Gasteiger partial charge in [0.15, 0.2) is 0 Å². The summed E-state index contributed by atoms with van der Waals surface area (Å²) in [5, 5.41) is 10.6. The highest BCUT2D eigenvalue weighted by Gasteiger charge is 2.35. The van der Waals surface area contributed by atoms with E-state index >= 15 is 0 Å². The summed E-state index contributed by atoms with van der Waals surface area (Å²) in [5.74, 6) is 1.72. The van der Waals surface area contributed by atoms with Crippen molar-refractivity contribution in [3.05, 3.63) is 23.8 Å². The van der Waals surface area contributed by atoms with Gasteiger partial charge >= 0.3 is 0 Å². The molecule has 0 amide bonds. The van der Waals surface area contributed by atoms with Crippen LogP contribution in [0.1, 0.15) is 24.5 Å². The molecule has 2 unspecified atom stereocenters. The van der Waals surface area contributed by atoms with Crippen LogP contribution in [0, 0.1) is 0 Å². The largest absolute Gasteiger partial charge is 0.497 e. The van der Waals surface area contributed by atoms with E-state index in [1.165, 1.54) is 0 Å². The second-order valence-electron chi connectivity index (χ2n) is 5.30. The first-order valence-corrected chi connectivity index (χ1v) is 6.93. The van der Waals surface area contributed by atoms with E-state index < -0.39 is 6.10 Å². The van der Waals surface area contributed by atoms with Gasteiger partial charge in [0, 0.05) is 31.5 Å². The zero-order valence-corrected chi connectivity index (χ0v) is 11.5. The third-order valence-electron chi connectivity index (χ3n) is 4.13. The van der Waals surface area contributed by atoms with Crippen molar-refractivity contribution in [3.63, 3.8) is 0 Å². The van der Waals surface area contributed by atoms with Gasteiger partial charge in [-0.25, -0.2) is 0 Å². The van der Waals surface area contributed by atoms with Crippen LogP contribution in [-0.4, -0.2) is 48.6 Å². The summed E-state index contributed by atoms with van der Waals surface area (Å²) in [7, 11) is 1.60. The summed E-state index contributed by atoms with van der Waals surface area (Å²) >= 11 is 0. The topological polar surface area (TPSA) is 59.0 Å². The highest BCUT2D eigenvalue weighted by Crippen LogP contribution is 2.37. The summed E-state index contributed by atoms with van der Waals surface area (Å²) in [5.41, 5.74) is 0.762. The van der Waals surface area contributed by atoms with Crippen LogP contribution < -0.4 is 9.47 Å². The quantitative estimate of drug-likeness (QED) is 0.879. The highest BCUT2D eigenvalue weighted by atomic mass is 16.5. The van der Waals surface area contributed by atoms with E-state index in [1.807, 2.05) is 18.2 Å². The number of benzene rings is 1. The minimum Gasteiger partial charge on any atom is -0.497 e. The minimum atomic E-state index is -0.609. The molecular weight excluding hydrogens is 258 g/mol. The van der Waals surface area contributed by atoms with E-state index in [9.17, 15) is 9.90 Å². The number of hydrogen-bond donors (Lipinski definition) is 1. The summed E-state index contributed by atoms with van der Waals surface area (Å²) in [6, 6.07) is 5.38. The fourth-order valence-corrected chi connectivity index (χ4v) is 2.90. The standard InChI is InChI=1S/C15H19NO4/c1-19-11-2-3-14-12(8-11)15(18)13(9-20-14)16-6-4-10(17)5-7-16/h2-3,8,13,15,18H,4-7,9H2,1H3. The Hall–Kier alpha value is -1.59. The van der Waals surface area contributed by atoms with Crippen molar-refractivity contribution in [1.82, 2.24) is 4.90 Å². The molecule has 1 saturated heterocycles. The SMILES string of the molecule is COc1ccc2c(c1)C(O)C(N1CCC(=O)CC1)CO2. The lowest BCUT2D eigenvalue weighted by atomic mass is 9.96. The summed E-state index contributed by atoms with van der Waals surface area (Å²) in [6.45, 7) is 1.85. The van der Waals surface area contributed by atoms with Crippen LogP contribution in [0.15, 0.2) is 18.2 Å². The molecule has 0 spiro atoms. The van der Waals surface area contributed by atoms with Gasteiger partial charge in [-0.05, 0) is 18.2 Å². The number of carbonyl (C=O) groups is 1. The van der Waals surface area contributed by atoms with E-state index in [-0.39, 0.29) is 6.04 Å². The van der Waals surface area contributed by atoms with E-state index in [0.29, 0.717) is 49.8 Å². The fourth-order valence-electron chi connectivity index (χ4n) is 2.90. The number of piperidine rings is 1. The maximum atomic E-state index is 11.3. The number of Topliss-reactive ketones (excluding diaryl/α,β-unsaturated/α-hetero) is 1. The Morgan fingerprint density at radius 3 is 2.80 bits per heavy atom. The van der Waals surface area contributed by atoms with Crippen molar-refractivity contribution in [3.8, 4) is 11.5 Å². The Labute approximate surface area is 118 Å². The van der Waals surface area contributed by atoms with E-state index in [4.69, 9.17) is 9.47 Å². The molecule has 5 nitrogen and oxygen atoms in total. The van der Waals surface area contributed by atoms with E-state index in [1.54, 1.807) is 7.11 Å². The van der Waals surface area contributed by atoms with Crippen molar-refractivity contribution in [2.75, 3.05) is 26.8 Å². The number of nitrogens with zero attached hydrogens (tertiary/aromatic N) is 1. The Bertz CT molecular complexity index is 507. The molecule has 0 aliphatic carbocycles. The summed E-state index contributed by atoms with van der Waals surface area (Å²) in [4.78, 5) is 13.5. The third-order valence-corrected chi connectivity index (χ3v) is 4.13. The van der Waals surface area contributed by atoms with E-state index in [2.05, 4.69) is 4.90 Å². The molecule has 108 valence electrons. The first kappa shape index (κ1) is 13.4. The second kappa shape index (κ2) is 5.42. The maximum absolute atomic E-state index is 11.3. The number of methoxy groups -OCH3 is 1. The highest BCUT2D eigenvalue weighted by molar-refractivity contribution is 5.79. The minimum absolute atomic E-state index is 0.0947. The molecule has 2 heterocycles. The summed E-state index contributed by atoms with van der Waals surface area (Å²) < 4.78 is 10.9. The maximum Gasteiger partial charge on any atom is 0.135 e. The van der Waals surface area contributed by atoms with Gasteiger partial charge in [0.1, 0.15) is 30.0 Å². The molecule has 1 fully saturated rings. The van der Waals surface area contributed by atoms with Crippen LogP contribution in [0.2, 0.25) is 0 Å². The Kier molecular flexibility index (Phi) is 3.63. The molecule has 2 atom stereocenters. The van der Waals surface area contributed by atoms with Crippen molar-refractivity contribution in [2.45, 2.75) is 25.0 Å². The lowest BCUT2D eigenvalue weighted by Crippen LogP contribution is -2.49. The van der Waals surface area contributed by atoms with E-state index in [0.717, 1.165) is 5.56 Å². The third kappa shape index (κ3) is 2.39. The molecule has 5 heteroatoms. The molecule has 1 N–H and O–H groups in total. The molecule has 3 rings (SSSR count). The normalized spacial score (nSPS) is 26.8. The molecule has 0 bridgehead atoms. The average Bonchev–Trinajstić information content (AvgIpc) is 2.49. The molecule has 0 aromatic heterocycles. The van der Waals surface area contributed by atoms with Crippen LogP contribution in [0.3, 0.4) is 0 Å². The predicted octanol–water partition coefficient (Wildman–Crippen LogP) is 1.15. The van der Waals surface area contributed by atoms with Gasteiger partial charge in [-0.15, -0.1) is 0 Å². The molecule has 0 radical (unpaired) electrons. The van der Waals surface area contributed by atoms with Crippen molar-refractivity contribution < 1.29 is 19.4 Å². The molecule has 2 aliphatic rings. The molecule has 0 saturated carbocycles. The number of aliphatic hydroxyl groups is 1. The molecule has 20 heavy (non-hydrogen) atoms. The zero-order valence-electron chi connectivity index (χ0n) is 11.5. The smallest absolute Gasteiger partial charge is 0.135 e. The number of carbonyl (C=O) groups excluding carboxylic acids is 1. The van der Waals surface area contributed by atoms with Crippen molar-refractivity contribution in [2.24, 2.45) is 0 Å². The Morgan fingerprint density at radius 2 is 2.10 bits per heavy atom. The van der Waals surface area contributed by atoms with Gasteiger partial charge < -0.3 is 14.6 Å². The van der Waals surface area contributed by atoms with Crippen LogP contribution in [0.5, 0.6) is 11.5 Å². The monoisotopic (exact) mass is 277 g/mol. The molecular formula is C15H19NO4. The lowest BCUT2D eigenvalue weighted by molar-refractivity contribution is -0.123. The predicted molar refractivity (Wildman–Crippen MR) is 73.1 cm³/mol. The van der Waals surface area contributed by atoms with Gasteiger partial charge in [0.25, 0.3) is 0 Å². The van der Waals surface area contributed by atoms with Crippen LogP contribution in [0.25, 0.3) is 0 Å². The number of ether oxygens (including phenoxy) is 2. The van der Waals surface area contributed by atoms with Gasteiger partial charge in [0.2, 0.25) is 0 Å². The number of aliphatic hydroxyl groups excluding tert-OH is 1. The van der Waals surface area contributed by atoms with Gasteiger partial charge in [0.05, 0.1) is 13.2 Å². The Morgan fingerprint density at radius 1 is 1.35 bits per heavy atom. The molecule has 1 aromatic rings. The van der Waals surface area contributed by atoms with Crippen LogP contribution >= 0.6 is 0 Å². The number of rotatable bonds is 2. The number of hydrogen-bond acceptors (Lipinski definition) is 5. The number of ketones is 1. The zero-order chi connectivity index (χ0) is 14.1. The van der Waals surface area contributed by atoms with Crippen LogP contribution in [0.4, 0.5) is 0 Å². The summed E-state index contributed by atoms with van der Waals surface area (Å²) in [6.07, 6.45) is 0.518. The fraction of sp³-hybridized carbons (Fsp3) is 0.533. The lowest BCUT2D eigenvalue weighted by Gasteiger charge is -2.39. The van der Waals surface area contributed by atoms with Crippen molar-refractivity contribution in [1.29, 1.82) is 0 Å².